The van der Waals surface area contributed by atoms with Gasteiger partial charge in [0.15, 0.2) is 5.78 Å². The van der Waals surface area contributed by atoms with E-state index in [9.17, 15) is 22.8 Å². The Hall–Kier alpha value is -4.66. The molecule has 0 unspecified atom stereocenters. The Balaban J connectivity index is 1.26. The van der Waals surface area contributed by atoms with Gasteiger partial charge in [0.1, 0.15) is 28.3 Å². The van der Waals surface area contributed by atoms with E-state index in [0.29, 0.717) is 42.0 Å². The number of aromatic nitrogens is 2. The van der Waals surface area contributed by atoms with Crippen molar-refractivity contribution in [3.05, 3.63) is 82.9 Å². The van der Waals surface area contributed by atoms with Crippen molar-refractivity contribution in [3.63, 3.8) is 0 Å². The number of aryl methyl sites for hydroxylation is 1. The number of hydrogen-bond donors (Lipinski definition) is 1. The van der Waals surface area contributed by atoms with Gasteiger partial charge in [0.2, 0.25) is 11.8 Å². The minimum Gasteiger partial charge on any atom is -0.496 e. The summed E-state index contributed by atoms with van der Waals surface area (Å²) in [5.74, 6) is -0.280. The van der Waals surface area contributed by atoms with Crippen molar-refractivity contribution in [1.82, 2.24) is 23.9 Å². The summed E-state index contributed by atoms with van der Waals surface area (Å²) in [4.78, 5) is 55.2. The lowest BCUT2D eigenvalue weighted by molar-refractivity contribution is -0.142. The lowest BCUT2D eigenvalue weighted by Crippen LogP contribution is -2.47. The second-order valence-electron chi connectivity index (χ2n) is 16.8. The topological polar surface area (TPSA) is 148 Å². The number of carbonyl (C=O) groups excluding carboxylic acids is 3. The third kappa shape index (κ3) is 9.09. The predicted octanol–water partition coefficient (Wildman–Crippen LogP) is 7.41. The average Bonchev–Trinajstić information content (AvgIpc) is 3.49. The largest absolute Gasteiger partial charge is 0.496 e. The van der Waals surface area contributed by atoms with Gasteiger partial charge in [-0.1, -0.05) is 69.2 Å². The smallest absolute Gasteiger partial charge is 0.303 e. The molecule has 1 N–H and O–H groups in total. The molecule has 1 saturated carbocycles. The molecule has 7 rings (SSSR count). The van der Waals surface area contributed by atoms with Gasteiger partial charge in [-0.2, -0.15) is 12.7 Å². The van der Waals surface area contributed by atoms with E-state index in [1.54, 1.807) is 12.0 Å². The van der Waals surface area contributed by atoms with Gasteiger partial charge in [0.25, 0.3) is 0 Å². The average molecular weight is 842 g/mol. The summed E-state index contributed by atoms with van der Waals surface area (Å²) in [7, 11) is 0.214. The number of ether oxygens (including phenoxy) is 2. The molecule has 2 amide bonds. The Kier molecular flexibility index (Phi) is 12.6. The Morgan fingerprint density at radius 3 is 2.56 bits per heavy atom. The molecule has 3 aliphatic rings. The third-order valence-electron chi connectivity index (χ3n) is 12.2. The molecule has 5 atom stereocenters. The molecule has 4 aromatic rings. The van der Waals surface area contributed by atoms with E-state index in [1.165, 1.54) is 25.4 Å². The number of allylic oxidation sites excluding steroid dienone is 2. The van der Waals surface area contributed by atoms with Crippen LogP contribution in [0, 0.1) is 24.2 Å². The van der Waals surface area contributed by atoms with Crippen molar-refractivity contribution in [2.75, 3.05) is 27.7 Å². The maximum Gasteiger partial charge on any atom is 0.303 e. The van der Waals surface area contributed by atoms with E-state index < -0.39 is 33.7 Å². The zero-order valence-corrected chi connectivity index (χ0v) is 36.4. The first kappa shape index (κ1) is 42.5. The molecule has 0 radical (unpaired) electrons. The molecule has 1 aliphatic carbocycles. The Morgan fingerprint density at radius 1 is 1.07 bits per heavy atom. The van der Waals surface area contributed by atoms with Crippen LogP contribution >= 0.6 is 11.3 Å². The van der Waals surface area contributed by atoms with Crippen LogP contribution in [0.1, 0.15) is 88.0 Å². The summed E-state index contributed by atoms with van der Waals surface area (Å²) in [6, 6.07) is 14.8. The number of nitrogens with one attached hydrogen (secondary N) is 1. The number of fused-ring (bicyclic) bond motifs is 3. The van der Waals surface area contributed by atoms with E-state index in [4.69, 9.17) is 19.4 Å². The van der Waals surface area contributed by atoms with Gasteiger partial charge in [-0.3, -0.25) is 14.4 Å². The van der Waals surface area contributed by atoms with Crippen LogP contribution in [0.5, 0.6) is 11.5 Å². The predicted molar refractivity (Wildman–Crippen MR) is 230 cm³/mol. The highest BCUT2D eigenvalue weighted by Crippen LogP contribution is 2.57. The number of thiazole rings is 1. The fourth-order valence-electron chi connectivity index (χ4n) is 8.49. The van der Waals surface area contributed by atoms with Crippen molar-refractivity contribution < 1.29 is 32.3 Å². The number of amides is 2. The zero-order chi connectivity index (χ0) is 42.1. The van der Waals surface area contributed by atoms with Crippen LogP contribution in [0.15, 0.2) is 66.1 Å². The zero-order valence-electron chi connectivity index (χ0n) is 34.8. The second kappa shape index (κ2) is 17.5. The molecule has 1 saturated heterocycles. The van der Waals surface area contributed by atoms with Crippen molar-refractivity contribution in [2.45, 2.75) is 96.6 Å². The van der Waals surface area contributed by atoms with Crippen molar-refractivity contribution >= 4 is 50.0 Å². The lowest BCUT2D eigenvalue weighted by atomic mass is 9.90. The monoisotopic (exact) mass is 841 g/mol. The van der Waals surface area contributed by atoms with Crippen molar-refractivity contribution in [1.29, 1.82) is 0 Å². The first-order valence-corrected chi connectivity index (χ1v) is 22.9. The molecule has 2 fully saturated rings. The van der Waals surface area contributed by atoms with E-state index in [0.717, 1.165) is 57.2 Å². The number of benzene rings is 2. The molecule has 0 spiro atoms. The highest BCUT2D eigenvalue weighted by Gasteiger charge is 2.61. The fraction of sp³-hybridized carbons (Fsp3) is 0.489. The number of Topliss-reactive ketones (excluding diaryl/α,β-unsaturated/α-hetero) is 1. The Morgan fingerprint density at radius 2 is 1.85 bits per heavy atom. The van der Waals surface area contributed by atoms with Crippen LogP contribution in [0.2, 0.25) is 0 Å². The molecule has 2 aromatic carbocycles. The lowest BCUT2D eigenvalue weighted by Gasteiger charge is -2.29. The van der Waals surface area contributed by atoms with E-state index in [1.807, 2.05) is 73.0 Å². The summed E-state index contributed by atoms with van der Waals surface area (Å²) < 4.78 is 41.4. The van der Waals surface area contributed by atoms with E-state index >= 15 is 0 Å². The number of rotatable bonds is 10. The Labute approximate surface area is 351 Å². The highest BCUT2D eigenvalue weighted by molar-refractivity contribution is 7.87. The number of pyridine rings is 1. The Bertz CT molecular complexity index is 2340. The number of carbonyl (C=O) groups is 3. The number of ketones is 1. The van der Waals surface area contributed by atoms with E-state index in [2.05, 4.69) is 18.6 Å². The van der Waals surface area contributed by atoms with Gasteiger partial charge >= 0.3 is 10.2 Å². The molecular weight excluding hydrogens is 787 g/mol. The molecule has 12 nitrogen and oxygen atoms in total. The normalized spacial score (nSPS) is 24.6. The molecule has 2 aromatic heterocycles. The van der Waals surface area contributed by atoms with Gasteiger partial charge in [-0.25, -0.2) is 14.7 Å². The number of hydrogen-bond acceptors (Lipinski definition) is 10. The second-order valence-corrected chi connectivity index (χ2v) is 19.5. The maximum absolute atomic E-state index is 14.9. The van der Waals surface area contributed by atoms with Crippen LogP contribution in [0.4, 0.5) is 0 Å². The minimum absolute atomic E-state index is 0.114. The van der Waals surface area contributed by atoms with Gasteiger partial charge in [0, 0.05) is 55.3 Å². The van der Waals surface area contributed by atoms with Crippen molar-refractivity contribution in [3.8, 4) is 22.2 Å². The SMILES string of the molecule is COc1ccc2c(O[C@@H]3C[C@H]4C(=O)C[C@]5(C(=O)NS(=O)(=O)N(C)C)C[C@H]5/C=C\CCCCC[C@H](Cc5ccccc5)C(=O)N4C3)cc(-c3nc(C(C)C)cs3)nc2c1C. The molecule has 4 heterocycles. The molecular formula is C45H55N5O7S2. The standard InChI is InChI=1S/C45H55N5O7S2/c1-28(2)36-27-58-42(47-36)35-23-40(34-19-20-39(56-6)29(3)41(34)46-35)57-33-22-37-38(51)25-45(44(53)48-59(54,55)49(4)5)24-32(45)18-14-9-7-8-13-17-31(43(52)50(37)26-33)21-30-15-11-10-12-16-30/h10-12,14-16,18-20,23,27-28,31-33,37H,7-9,13,17,21-22,24-26H2,1-6H3,(H,48,53)/b18-14-/t31-,32-,33-,37+,45-/m1/s1. The molecule has 2 aliphatic heterocycles. The van der Waals surface area contributed by atoms with Gasteiger partial charge in [-0.05, 0) is 68.6 Å². The van der Waals surface area contributed by atoms with Crippen LogP contribution in [-0.2, 0) is 31.0 Å². The summed E-state index contributed by atoms with van der Waals surface area (Å²) in [5.41, 5.74) is 2.97. The number of methoxy groups -OCH3 is 1. The maximum atomic E-state index is 14.9. The van der Waals surface area contributed by atoms with Crippen molar-refractivity contribution in [2.24, 2.45) is 17.3 Å². The third-order valence-corrected chi connectivity index (χ3v) is 14.4. The fourth-order valence-corrected chi connectivity index (χ4v) is 10.1. The molecule has 314 valence electrons. The van der Waals surface area contributed by atoms with E-state index in [-0.39, 0.29) is 48.8 Å². The summed E-state index contributed by atoms with van der Waals surface area (Å²) >= 11 is 1.52. The van der Waals surface area contributed by atoms with Gasteiger partial charge < -0.3 is 14.4 Å². The number of nitrogens with zero attached hydrogens (tertiary/aromatic N) is 4. The summed E-state index contributed by atoms with van der Waals surface area (Å²) in [5, 5.41) is 3.56. The molecule has 14 heteroatoms. The summed E-state index contributed by atoms with van der Waals surface area (Å²) in [6.07, 6.45) is 8.47. The van der Waals surface area contributed by atoms with Crippen LogP contribution in [0.3, 0.4) is 0 Å². The first-order chi connectivity index (χ1) is 28.2. The van der Waals surface area contributed by atoms with Gasteiger partial charge in [-0.15, -0.1) is 11.3 Å². The first-order valence-electron chi connectivity index (χ1n) is 20.6. The molecule has 0 bridgehead atoms. The summed E-state index contributed by atoms with van der Waals surface area (Å²) in [6.45, 7) is 6.32. The highest BCUT2D eigenvalue weighted by atomic mass is 32.2. The van der Waals surface area contributed by atoms with Crippen LogP contribution < -0.4 is 14.2 Å². The quantitative estimate of drug-likeness (QED) is 0.161. The molecule has 59 heavy (non-hydrogen) atoms. The minimum atomic E-state index is -4.10. The van der Waals surface area contributed by atoms with Crippen LogP contribution in [-0.4, -0.2) is 85.1 Å². The van der Waals surface area contributed by atoms with Crippen LogP contribution in [0.25, 0.3) is 21.6 Å². The van der Waals surface area contributed by atoms with Gasteiger partial charge in [0.05, 0.1) is 36.3 Å².